The summed E-state index contributed by atoms with van der Waals surface area (Å²) in [5.74, 6) is -1.04. The fourth-order valence-electron chi connectivity index (χ4n) is 5.40. The molecule has 3 unspecified atom stereocenters. The monoisotopic (exact) mass is 720 g/mol. The molecule has 0 aliphatic heterocycles. The average Bonchev–Trinajstić information content (AvgIpc) is 3.08. The molecule has 0 amide bonds. The molecule has 10 nitrogen and oxygen atoms in total. The highest BCUT2D eigenvalue weighted by Crippen LogP contribution is 2.43. The number of unbranched alkanes of at least 4 members (excludes halogenated alkanes) is 21. The lowest BCUT2D eigenvalue weighted by Gasteiger charge is -2.20. The van der Waals surface area contributed by atoms with Gasteiger partial charge in [-0.2, -0.15) is 0 Å². The predicted octanol–water partition coefficient (Wildman–Crippen LogP) is 9.67. The van der Waals surface area contributed by atoms with Crippen LogP contribution in [0.15, 0.2) is 12.2 Å². The van der Waals surface area contributed by atoms with Crippen LogP contribution in [0, 0.1) is 0 Å². The third kappa shape index (κ3) is 33.6. The van der Waals surface area contributed by atoms with Crippen molar-refractivity contribution < 1.29 is 47.8 Å². The molecule has 0 fully saturated rings. The topological polar surface area (TPSA) is 149 Å². The Hall–Kier alpha value is -1.29. The Bertz CT molecular complexity index is 837. The second-order valence-corrected chi connectivity index (χ2v) is 14.7. The first kappa shape index (κ1) is 47.7. The van der Waals surface area contributed by atoms with E-state index in [1.54, 1.807) is 0 Å². The van der Waals surface area contributed by atoms with Gasteiger partial charge < -0.3 is 24.6 Å². The van der Waals surface area contributed by atoms with Crippen LogP contribution in [0.4, 0.5) is 0 Å². The Labute approximate surface area is 298 Å². The lowest BCUT2D eigenvalue weighted by atomic mass is 10.0. The minimum atomic E-state index is -4.61. The number of esters is 2. The normalized spacial score (nSPS) is 14.1. The van der Waals surface area contributed by atoms with Gasteiger partial charge in [0.2, 0.25) is 0 Å². The van der Waals surface area contributed by atoms with Crippen molar-refractivity contribution in [1.82, 2.24) is 0 Å². The lowest BCUT2D eigenvalue weighted by molar-refractivity contribution is -0.153. The first-order valence-electron chi connectivity index (χ1n) is 19.6. The van der Waals surface area contributed by atoms with E-state index in [-0.39, 0.29) is 12.8 Å². The maximum Gasteiger partial charge on any atom is 0.472 e. The fourth-order valence-corrected chi connectivity index (χ4v) is 6.19. The number of ether oxygens (including phenoxy) is 2. The van der Waals surface area contributed by atoms with Crippen molar-refractivity contribution in [3.63, 3.8) is 0 Å². The maximum absolute atomic E-state index is 12.2. The van der Waals surface area contributed by atoms with Gasteiger partial charge >= 0.3 is 19.8 Å². The Kier molecular flexibility index (Phi) is 34.2. The van der Waals surface area contributed by atoms with Gasteiger partial charge in [0.15, 0.2) is 0 Å². The zero-order chi connectivity index (χ0) is 36.3. The molecule has 0 aliphatic rings. The number of aliphatic hydroxyl groups excluding tert-OH is 2. The largest absolute Gasteiger partial charge is 0.472 e. The number of carbonyl (C=O) groups is 2. The number of aliphatic hydroxyl groups is 2. The van der Waals surface area contributed by atoms with Gasteiger partial charge in [-0.25, -0.2) is 4.57 Å². The van der Waals surface area contributed by atoms with Gasteiger partial charge in [0.25, 0.3) is 0 Å². The van der Waals surface area contributed by atoms with Crippen LogP contribution in [-0.4, -0.2) is 65.7 Å². The summed E-state index contributed by atoms with van der Waals surface area (Å²) >= 11 is 0. The number of rotatable bonds is 37. The van der Waals surface area contributed by atoms with Crippen LogP contribution < -0.4 is 0 Å². The van der Waals surface area contributed by atoms with Crippen molar-refractivity contribution in [2.75, 3.05) is 26.4 Å². The summed E-state index contributed by atoms with van der Waals surface area (Å²) < 4.78 is 32.1. The minimum absolute atomic E-state index is 0.180. The van der Waals surface area contributed by atoms with Gasteiger partial charge in [0.05, 0.1) is 26.4 Å². The number of phosphoric ester groups is 1. The maximum atomic E-state index is 12.2. The van der Waals surface area contributed by atoms with Crippen LogP contribution in [0.25, 0.3) is 0 Å². The van der Waals surface area contributed by atoms with E-state index in [0.29, 0.717) is 12.8 Å². The molecular formula is C38H73O10P. The van der Waals surface area contributed by atoms with Crippen molar-refractivity contribution in [1.29, 1.82) is 0 Å². The molecule has 0 aromatic rings. The van der Waals surface area contributed by atoms with Gasteiger partial charge in [-0.15, -0.1) is 0 Å². The molecule has 290 valence electrons. The predicted molar refractivity (Wildman–Crippen MR) is 196 cm³/mol. The molecule has 49 heavy (non-hydrogen) atoms. The number of phosphoric acid groups is 1. The van der Waals surface area contributed by atoms with Crippen molar-refractivity contribution >= 4 is 19.8 Å². The van der Waals surface area contributed by atoms with Crippen LogP contribution in [-0.2, 0) is 32.7 Å². The smallest absolute Gasteiger partial charge is 0.457 e. The summed E-state index contributed by atoms with van der Waals surface area (Å²) in [7, 11) is -4.61. The van der Waals surface area contributed by atoms with E-state index >= 15 is 0 Å². The molecule has 0 rings (SSSR count). The van der Waals surface area contributed by atoms with E-state index in [2.05, 4.69) is 19.1 Å². The Balaban J connectivity index is 3.74. The van der Waals surface area contributed by atoms with Crippen LogP contribution in [0.1, 0.15) is 181 Å². The van der Waals surface area contributed by atoms with Crippen LogP contribution in [0.5, 0.6) is 0 Å². The average molecular weight is 721 g/mol. The van der Waals surface area contributed by atoms with Crippen LogP contribution in [0.2, 0.25) is 0 Å². The summed E-state index contributed by atoms with van der Waals surface area (Å²) in [6, 6.07) is 0. The highest BCUT2D eigenvalue weighted by Gasteiger charge is 2.27. The van der Waals surface area contributed by atoms with Crippen LogP contribution >= 0.6 is 7.82 Å². The van der Waals surface area contributed by atoms with Crippen LogP contribution in [0.3, 0.4) is 0 Å². The SMILES string of the molecule is CCCCCCCCCC/C=C\CCCCCCCCCCCCCC(=O)OC(CO)COP(=O)(O)OCC(CO)OC(=O)CCCCC. The Morgan fingerprint density at radius 3 is 1.20 bits per heavy atom. The molecule has 0 radical (unpaired) electrons. The van der Waals surface area contributed by atoms with Crippen molar-refractivity contribution in [3.8, 4) is 0 Å². The third-order valence-corrected chi connectivity index (χ3v) is 9.43. The second-order valence-electron chi connectivity index (χ2n) is 13.3. The zero-order valence-corrected chi connectivity index (χ0v) is 32.1. The van der Waals surface area contributed by atoms with E-state index in [9.17, 15) is 29.3 Å². The third-order valence-electron chi connectivity index (χ3n) is 8.48. The molecule has 0 heterocycles. The first-order valence-corrected chi connectivity index (χ1v) is 21.1. The van der Waals surface area contributed by atoms with Crippen molar-refractivity contribution in [2.24, 2.45) is 0 Å². The summed E-state index contributed by atoms with van der Waals surface area (Å²) in [5.41, 5.74) is 0. The van der Waals surface area contributed by atoms with E-state index < -0.39 is 58.4 Å². The Morgan fingerprint density at radius 2 is 0.837 bits per heavy atom. The van der Waals surface area contributed by atoms with E-state index in [4.69, 9.17) is 18.5 Å². The van der Waals surface area contributed by atoms with Gasteiger partial charge in [-0.05, 0) is 38.5 Å². The van der Waals surface area contributed by atoms with Crippen molar-refractivity contribution in [3.05, 3.63) is 12.2 Å². The summed E-state index contributed by atoms with van der Waals surface area (Å²) in [6.07, 6.45) is 31.6. The van der Waals surface area contributed by atoms with E-state index in [0.717, 1.165) is 32.1 Å². The molecule has 0 saturated heterocycles. The number of carbonyl (C=O) groups excluding carboxylic acids is 2. The molecule has 3 atom stereocenters. The Morgan fingerprint density at radius 1 is 0.531 bits per heavy atom. The molecule has 0 aromatic carbocycles. The molecule has 0 bridgehead atoms. The molecule has 0 saturated carbocycles. The van der Waals surface area contributed by atoms with Gasteiger partial charge in [-0.3, -0.25) is 18.6 Å². The lowest BCUT2D eigenvalue weighted by Crippen LogP contribution is -2.28. The molecule has 0 aromatic heterocycles. The van der Waals surface area contributed by atoms with Gasteiger partial charge in [-0.1, -0.05) is 142 Å². The van der Waals surface area contributed by atoms with Gasteiger partial charge in [0, 0.05) is 12.8 Å². The minimum Gasteiger partial charge on any atom is -0.457 e. The second kappa shape index (κ2) is 35.1. The van der Waals surface area contributed by atoms with Gasteiger partial charge in [0.1, 0.15) is 12.2 Å². The quantitative estimate of drug-likeness (QED) is 0.0245. The van der Waals surface area contributed by atoms with E-state index in [1.807, 2.05) is 6.92 Å². The summed E-state index contributed by atoms with van der Waals surface area (Å²) in [5, 5.41) is 18.9. The van der Waals surface area contributed by atoms with Crippen molar-refractivity contribution in [2.45, 2.75) is 193 Å². The molecule has 0 aliphatic carbocycles. The molecule has 0 spiro atoms. The molecular weight excluding hydrogens is 647 g/mol. The number of hydrogen-bond donors (Lipinski definition) is 3. The summed E-state index contributed by atoms with van der Waals surface area (Å²) in [6.45, 7) is 1.99. The summed E-state index contributed by atoms with van der Waals surface area (Å²) in [4.78, 5) is 33.9. The first-order chi connectivity index (χ1) is 23.8. The molecule has 3 N–H and O–H groups in total. The fraction of sp³-hybridized carbons (Fsp3) is 0.895. The highest BCUT2D eigenvalue weighted by atomic mass is 31.2. The number of allylic oxidation sites excluding steroid dienone is 2. The number of hydrogen-bond acceptors (Lipinski definition) is 9. The van der Waals surface area contributed by atoms with E-state index in [1.165, 1.54) is 109 Å². The zero-order valence-electron chi connectivity index (χ0n) is 31.2. The molecule has 11 heteroatoms. The highest BCUT2D eigenvalue weighted by molar-refractivity contribution is 7.47. The standard InChI is InChI=1S/C38H73O10P/c1-3-5-7-8-9-10-11-12-13-14-15-16-17-18-19-20-21-22-23-24-25-26-28-30-38(42)48-36(32-40)34-46-49(43,44)45-33-35(31-39)47-37(41)29-27-6-4-2/h14-15,35-36,39-40H,3-13,16-34H2,1-2H3,(H,43,44)/b15-14-.